The van der Waals surface area contributed by atoms with Gasteiger partial charge in [-0.3, -0.25) is 4.79 Å². The summed E-state index contributed by atoms with van der Waals surface area (Å²) >= 11 is 1.14. The zero-order valence-electron chi connectivity index (χ0n) is 13.9. The zero-order valence-corrected chi connectivity index (χ0v) is 14.7. The number of thioether (sulfide) groups is 1. The second-order valence-electron chi connectivity index (χ2n) is 5.32. The van der Waals surface area contributed by atoms with Gasteiger partial charge in [0.25, 0.3) is 11.1 Å². The Balaban J connectivity index is 1.50. The Morgan fingerprint density at radius 1 is 1.19 bits per heavy atom. The van der Waals surface area contributed by atoms with E-state index in [0.29, 0.717) is 5.75 Å². The maximum atomic E-state index is 12.9. The van der Waals surface area contributed by atoms with Crippen LogP contribution < -0.4 is 10.1 Å². The number of anilines is 1. The van der Waals surface area contributed by atoms with Gasteiger partial charge in [0.2, 0.25) is 5.91 Å². The van der Waals surface area contributed by atoms with Crippen molar-refractivity contribution in [1.29, 1.82) is 0 Å². The molecule has 1 N–H and O–H groups in total. The molecule has 3 aromatic rings. The Bertz CT molecular complexity index is 856. The Kier molecular flexibility index (Phi) is 5.85. The molecule has 1 atom stereocenters. The number of nitrogens with zero attached hydrogens (tertiary/aromatic N) is 2. The number of aromatic nitrogens is 2. The van der Waals surface area contributed by atoms with Gasteiger partial charge in [-0.1, -0.05) is 30.0 Å². The maximum Gasteiger partial charge on any atom is 0.277 e. The van der Waals surface area contributed by atoms with Gasteiger partial charge in [0, 0.05) is 5.69 Å². The summed E-state index contributed by atoms with van der Waals surface area (Å²) in [4.78, 5) is 11.9. The minimum Gasteiger partial charge on any atom is -0.481 e. The molecule has 1 amide bonds. The summed E-state index contributed by atoms with van der Waals surface area (Å²) in [6.45, 7) is 1.74. The third-order valence-electron chi connectivity index (χ3n) is 3.28. The fourth-order valence-electron chi connectivity index (χ4n) is 2.06. The normalized spacial score (nSPS) is 11.8. The van der Waals surface area contributed by atoms with E-state index in [9.17, 15) is 9.18 Å². The van der Waals surface area contributed by atoms with Gasteiger partial charge in [0.15, 0.2) is 6.10 Å². The van der Waals surface area contributed by atoms with E-state index in [-0.39, 0.29) is 28.6 Å². The summed E-state index contributed by atoms with van der Waals surface area (Å²) in [5.74, 6) is 0.407. The van der Waals surface area contributed by atoms with Gasteiger partial charge >= 0.3 is 0 Å². The lowest BCUT2D eigenvalue weighted by molar-refractivity contribution is -0.113. The number of rotatable bonds is 7. The SMILES string of the molecule is C[C@H](Oc1ccc(F)cc1)c1nnc(SCC(=O)Nc2ccccc2)o1. The molecule has 0 unspecified atom stereocenters. The second-order valence-corrected chi connectivity index (χ2v) is 6.25. The summed E-state index contributed by atoms with van der Waals surface area (Å²) in [5.41, 5.74) is 0.727. The van der Waals surface area contributed by atoms with Gasteiger partial charge in [-0.25, -0.2) is 4.39 Å². The molecule has 0 bridgehead atoms. The molecule has 0 fully saturated rings. The molecule has 0 saturated carbocycles. The largest absolute Gasteiger partial charge is 0.481 e. The predicted octanol–water partition coefficient (Wildman–Crippen LogP) is 4.08. The molecule has 0 aliphatic rings. The van der Waals surface area contributed by atoms with Crippen LogP contribution in [-0.2, 0) is 4.79 Å². The quantitative estimate of drug-likeness (QED) is 0.629. The van der Waals surface area contributed by atoms with Crippen LogP contribution >= 0.6 is 11.8 Å². The number of hydrogen-bond acceptors (Lipinski definition) is 6. The molecule has 0 spiro atoms. The molecule has 0 saturated heterocycles. The van der Waals surface area contributed by atoms with Crippen molar-refractivity contribution in [3.63, 3.8) is 0 Å². The number of carbonyl (C=O) groups excluding carboxylic acids is 1. The topological polar surface area (TPSA) is 77.2 Å². The molecule has 0 aliphatic carbocycles. The lowest BCUT2D eigenvalue weighted by atomic mass is 10.3. The van der Waals surface area contributed by atoms with E-state index in [1.165, 1.54) is 24.3 Å². The number of para-hydroxylation sites is 1. The van der Waals surface area contributed by atoms with Crippen LogP contribution in [0.1, 0.15) is 18.9 Å². The predicted molar refractivity (Wildman–Crippen MR) is 95.5 cm³/mol. The maximum absolute atomic E-state index is 12.9. The van der Waals surface area contributed by atoms with Crippen LogP contribution in [0.2, 0.25) is 0 Å². The van der Waals surface area contributed by atoms with E-state index in [1.807, 2.05) is 30.3 Å². The lowest BCUT2D eigenvalue weighted by Gasteiger charge is -2.10. The van der Waals surface area contributed by atoms with Crippen molar-refractivity contribution >= 4 is 23.4 Å². The van der Waals surface area contributed by atoms with E-state index in [0.717, 1.165) is 17.4 Å². The number of nitrogens with one attached hydrogen (secondary N) is 1. The molecular formula is C18H16FN3O3S. The summed E-state index contributed by atoms with van der Waals surface area (Å²) in [5, 5.41) is 10.9. The highest BCUT2D eigenvalue weighted by Crippen LogP contribution is 2.24. The van der Waals surface area contributed by atoms with Crippen LogP contribution in [0, 0.1) is 5.82 Å². The first kappa shape index (κ1) is 17.9. The van der Waals surface area contributed by atoms with Gasteiger partial charge in [0.05, 0.1) is 5.75 Å². The number of benzene rings is 2. The third-order valence-corrected chi connectivity index (χ3v) is 4.10. The lowest BCUT2D eigenvalue weighted by Crippen LogP contribution is -2.13. The first-order valence-electron chi connectivity index (χ1n) is 7.83. The van der Waals surface area contributed by atoms with Crippen molar-refractivity contribution in [2.24, 2.45) is 0 Å². The van der Waals surface area contributed by atoms with E-state index in [2.05, 4.69) is 15.5 Å². The Morgan fingerprint density at radius 2 is 1.92 bits per heavy atom. The molecule has 2 aromatic carbocycles. The fraction of sp³-hybridized carbons (Fsp3) is 0.167. The molecular weight excluding hydrogens is 357 g/mol. The first-order chi connectivity index (χ1) is 12.6. The average molecular weight is 373 g/mol. The van der Waals surface area contributed by atoms with Crippen molar-refractivity contribution in [2.45, 2.75) is 18.3 Å². The zero-order chi connectivity index (χ0) is 18.4. The molecule has 1 heterocycles. The molecule has 0 aliphatic heterocycles. The average Bonchev–Trinajstić information content (AvgIpc) is 3.12. The van der Waals surface area contributed by atoms with Gasteiger partial charge < -0.3 is 14.5 Å². The van der Waals surface area contributed by atoms with Crippen molar-refractivity contribution in [1.82, 2.24) is 10.2 Å². The summed E-state index contributed by atoms with van der Waals surface area (Å²) < 4.78 is 24.0. The van der Waals surface area contributed by atoms with Crippen molar-refractivity contribution < 1.29 is 18.3 Å². The minimum absolute atomic E-state index is 0.143. The summed E-state index contributed by atoms with van der Waals surface area (Å²) in [6.07, 6.45) is -0.500. The summed E-state index contributed by atoms with van der Waals surface area (Å²) in [7, 11) is 0. The van der Waals surface area contributed by atoms with Crippen LogP contribution in [0.5, 0.6) is 5.75 Å². The van der Waals surface area contributed by atoms with Gasteiger partial charge in [-0.05, 0) is 43.3 Å². The van der Waals surface area contributed by atoms with Gasteiger partial charge in [-0.2, -0.15) is 0 Å². The van der Waals surface area contributed by atoms with Crippen LogP contribution in [0.15, 0.2) is 64.2 Å². The Labute approximate surface area is 153 Å². The Hall–Kier alpha value is -2.87. The monoisotopic (exact) mass is 373 g/mol. The second kappa shape index (κ2) is 8.48. The molecule has 26 heavy (non-hydrogen) atoms. The number of carbonyl (C=O) groups is 1. The van der Waals surface area contributed by atoms with Crippen molar-refractivity contribution in [3.8, 4) is 5.75 Å². The third kappa shape index (κ3) is 5.06. The van der Waals surface area contributed by atoms with Crippen molar-refractivity contribution in [3.05, 3.63) is 66.3 Å². The first-order valence-corrected chi connectivity index (χ1v) is 8.82. The van der Waals surface area contributed by atoms with E-state index >= 15 is 0 Å². The van der Waals surface area contributed by atoms with Crippen LogP contribution in [-0.4, -0.2) is 21.9 Å². The van der Waals surface area contributed by atoms with Crippen molar-refractivity contribution in [2.75, 3.05) is 11.1 Å². The summed E-state index contributed by atoms with van der Waals surface area (Å²) in [6, 6.07) is 14.8. The molecule has 3 rings (SSSR count). The smallest absolute Gasteiger partial charge is 0.277 e. The fourth-order valence-corrected chi connectivity index (χ4v) is 2.63. The Morgan fingerprint density at radius 3 is 2.65 bits per heavy atom. The van der Waals surface area contributed by atoms with E-state index in [4.69, 9.17) is 9.15 Å². The molecule has 0 radical (unpaired) electrons. The van der Waals surface area contributed by atoms with E-state index in [1.54, 1.807) is 6.92 Å². The molecule has 1 aromatic heterocycles. The number of ether oxygens (including phenoxy) is 1. The highest BCUT2D eigenvalue weighted by molar-refractivity contribution is 7.99. The molecule has 6 nitrogen and oxygen atoms in total. The number of halogens is 1. The highest BCUT2D eigenvalue weighted by Gasteiger charge is 2.17. The highest BCUT2D eigenvalue weighted by atomic mass is 32.2. The standard InChI is InChI=1S/C18H16FN3O3S/c1-12(24-15-9-7-13(19)8-10-15)17-21-22-18(25-17)26-11-16(23)20-14-5-3-2-4-6-14/h2-10,12H,11H2,1H3,(H,20,23)/t12-/m0/s1. The molecule has 8 heteroatoms. The van der Waals surface area contributed by atoms with Crippen LogP contribution in [0.4, 0.5) is 10.1 Å². The van der Waals surface area contributed by atoms with Crippen LogP contribution in [0.25, 0.3) is 0 Å². The van der Waals surface area contributed by atoms with Gasteiger partial charge in [-0.15, -0.1) is 10.2 Å². The van der Waals surface area contributed by atoms with Gasteiger partial charge in [0.1, 0.15) is 11.6 Å². The van der Waals surface area contributed by atoms with E-state index < -0.39 is 6.10 Å². The molecule has 134 valence electrons. The number of hydrogen-bond donors (Lipinski definition) is 1. The number of amides is 1. The minimum atomic E-state index is -0.500. The van der Waals surface area contributed by atoms with Crippen LogP contribution in [0.3, 0.4) is 0 Å².